The first-order chi connectivity index (χ1) is 11.8. The van der Waals surface area contributed by atoms with E-state index in [-0.39, 0.29) is 17.3 Å². The number of hydrogen-bond acceptors (Lipinski definition) is 4. The Kier molecular flexibility index (Phi) is 6.62. The molecule has 0 saturated carbocycles. The van der Waals surface area contributed by atoms with E-state index in [1.54, 1.807) is 23.1 Å². The zero-order valence-electron chi connectivity index (χ0n) is 14.4. The minimum absolute atomic E-state index is 0.101. The summed E-state index contributed by atoms with van der Waals surface area (Å²) in [6.45, 7) is 5.29. The summed E-state index contributed by atoms with van der Waals surface area (Å²) < 4.78 is 27.2. The number of nitrogens with zero attached hydrogens (tertiary/aromatic N) is 2. The number of benzene rings is 1. The van der Waals surface area contributed by atoms with Crippen molar-refractivity contribution in [1.82, 2.24) is 9.21 Å². The largest absolute Gasteiger partial charge is 0.339 e. The summed E-state index contributed by atoms with van der Waals surface area (Å²) in [7, 11) is -2.10. The highest BCUT2D eigenvalue weighted by Crippen LogP contribution is 2.24. The first kappa shape index (κ1) is 19.9. The van der Waals surface area contributed by atoms with Gasteiger partial charge in [-0.1, -0.05) is 11.6 Å². The van der Waals surface area contributed by atoms with E-state index in [2.05, 4.69) is 0 Å². The average molecular weight is 401 g/mol. The van der Waals surface area contributed by atoms with Crippen molar-refractivity contribution in [3.05, 3.63) is 51.2 Å². The van der Waals surface area contributed by atoms with Gasteiger partial charge in [-0.05, 0) is 50.2 Å². The van der Waals surface area contributed by atoms with Gasteiger partial charge in [0.25, 0.3) is 5.91 Å². The van der Waals surface area contributed by atoms with Gasteiger partial charge in [0.1, 0.15) is 0 Å². The quantitative estimate of drug-likeness (QED) is 0.711. The summed E-state index contributed by atoms with van der Waals surface area (Å²) in [4.78, 5) is 15.0. The molecule has 0 aliphatic heterocycles. The van der Waals surface area contributed by atoms with E-state index in [9.17, 15) is 13.2 Å². The number of thiophene rings is 1. The lowest BCUT2D eigenvalue weighted by molar-refractivity contribution is 0.0773. The lowest BCUT2D eigenvalue weighted by atomic mass is 10.2. The molecule has 0 bridgehead atoms. The number of rotatable bonds is 7. The SMILES string of the molecule is CCN(CC)C(=O)c1ccc(S(=O)(=O)N(C)Cc2ccc(Cl)s2)cc1. The van der Waals surface area contributed by atoms with Gasteiger partial charge < -0.3 is 4.90 Å². The number of sulfonamides is 1. The number of halogens is 1. The molecule has 1 aromatic heterocycles. The maximum Gasteiger partial charge on any atom is 0.253 e. The fraction of sp³-hybridized carbons (Fsp3) is 0.353. The molecule has 0 atom stereocenters. The van der Waals surface area contributed by atoms with Gasteiger partial charge in [0.15, 0.2) is 0 Å². The fourth-order valence-corrected chi connectivity index (χ4v) is 4.76. The van der Waals surface area contributed by atoms with Gasteiger partial charge in [-0.25, -0.2) is 8.42 Å². The Bertz CT molecular complexity index is 828. The molecular formula is C17H21ClN2O3S2. The molecule has 2 rings (SSSR count). The predicted molar refractivity (Wildman–Crippen MR) is 102 cm³/mol. The summed E-state index contributed by atoms with van der Waals surface area (Å²) in [6, 6.07) is 9.63. The third-order valence-electron chi connectivity index (χ3n) is 3.87. The molecule has 1 aromatic carbocycles. The van der Waals surface area contributed by atoms with Crippen LogP contribution in [-0.2, 0) is 16.6 Å². The molecule has 0 aliphatic rings. The lowest BCUT2D eigenvalue weighted by Gasteiger charge is -2.19. The predicted octanol–water partition coefficient (Wildman–Crippen LogP) is 3.70. The Balaban J connectivity index is 2.18. The topological polar surface area (TPSA) is 57.7 Å². The van der Waals surface area contributed by atoms with Crippen molar-refractivity contribution in [1.29, 1.82) is 0 Å². The molecule has 0 fully saturated rings. The van der Waals surface area contributed by atoms with Gasteiger partial charge in [-0.15, -0.1) is 11.3 Å². The molecule has 136 valence electrons. The first-order valence-corrected chi connectivity index (χ1v) is 10.5. The third kappa shape index (κ3) is 4.61. The second kappa shape index (κ2) is 8.31. The van der Waals surface area contributed by atoms with Gasteiger partial charge >= 0.3 is 0 Å². The van der Waals surface area contributed by atoms with Crippen LogP contribution >= 0.6 is 22.9 Å². The van der Waals surface area contributed by atoms with Gasteiger partial charge in [0.05, 0.1) is 9.23 Å². The molecular weight excluding hydrogens is 380 g/mol. The fourth-order valence-electron chi connectivity index (χ4n) is 2.38. The van der Waals surface area contributed by atoms with Crippen LogP contribution in [0.25, 0.3) is 0 Å². The number of hydrogen-bond donors (Lipinski definition) is 0. The number of carbonyl (C=O) groups excluding carboxylic acids is 1. The molecule has 25 heavy (non-hydrogen) atoms. The molecule has 0 unspecified atom stereocenters. The van der Waals surface area contributed by atoms with Crippen molar-refractivity contribution < 1.29 is 13.2 Å². The maximum atomic E-state index is 12.7. The Morgan fingerprint density at radius 1 is 1.08 bits per heavy atom. The van der Waals surface area contributed by atoms with Crippen molar-refractivity contribution in [2.24, 2.45) is 0 Å². The molecule has 1 heterocycles. The highest BCUT2D eigenvalue weighted by Gasteiger charge is 2.22. The van der Waals surface area contributed by atoms with Crippen LogP contribution in [-0.4, -0.2) is 43.7 Å². The molecule has 5 nitrogen and oxygen atoms in total. The summed E-state index contributed by atoms with van der Waals surface area (Å²) >= 11 is 7.24. The van der Waals surface area contributed by atoms with Crippen LogP contribution in [0, 0.1) is 0 Å². The monoisotopic (exact) mass is 400 g/mol. The van der Waals surface area contributed by atoms with E-state index < -0.39 is 10.0 Å². The highest BCUT2D eigenvalue weighted by molar-refractivity contribution is 7.89. The lowest BCUT2D eigenvalue weighted by Crippen LogP contribution is -2.30. The molecule has 2 aromatic rings. The van der Waals surface area contributed by atoms with Crippen LogP contribution < -0.4 is 0 Å². The molecule has 1 amide bonds. The van der Waals surface area contributed by atoms with Crippen molar-refractivity contribution in [3.8, 4) is 0 Å². The van der Waals surface area contributed by atoms with Crippen LogP contribution in [0.3, 0.4) is 0 Å². The van der Waals surface area contributed by atoms with Crippen LogP contribution in [0.2, 0.25) is 4.34 Å². The molecule has 0 saturated heterocycles. The molecule has 0 N–H and O–H groups in total. The van der Waals surface area contributed by atoms with E-state index in [1.165, 1.54) is 34.8 Å². The van der Waals surface area contributed by atoms with Crippen LogP contribution in [0.5, 0.6) is 0 Å². The van der Waals surface area contributed by atoms with Gasteiger partial charge in [0.2, 0.25) is 10.0 Å². The van der Waals surface area contributed by atoms with E-state index >= 15 is 0 Å². The van der Waals surface area contributed by atoms with Gasteiger partial charge in [0, 0.05) is 37.1 Å². The number of amides is 1. The molecule has 0 radical (unpaired) electrons. The minimum Gasteiger partial charge on any atom is -0.339 e. The molecule has 8 heteroatoms. The van der Waals surface area contributed by atoms with Crippen LogP contribution in [0.1, 0.15) is 29.1 Å². The summed E-state index contributed by atoms with van der Waals surface area (Å²) in [5.41, 5.74) is 0.482. The second-order valence-electron chi connectivity index (χ2n) is 5.47. The minimum atomic E-state index is -3.63. The Labute approximate surface area is 157 Å². The van der Waals surface area contributed by atoms with Gasteiger partial charge in [-0.3, -0.25) is 4.79 Å². The Hall–Kier alpha value is -1.41. The summed E-state index contributed by atoms with van der Waals surface area (Å²) in [5.74, 6) is -0.101. The average Bonchev–Trinajstić information content (AvgIpc) is 3.00. The zero-order chi connectivity index (χ0) is 18.6. The maximum absolute atomic E-state index is 12.7. The first-order valence-electron chi connectivity index (χ1n) is 7.89. The van der Waals surface area contributed by atoms with E-state index in [0.717, 1.165) is 4.88 Å². The standard InChI is InChI=1S/C17H21ClN2O3S2/c1-4-20(5-2)17(21)13-6-9-15(10-7-13)25(22,23)19(3)12-14-8-11-16(18)24-14/h6-11H,4-5,12H2,1-3H3. The smallest absolute Gasteiger partial charge is 0.253 e. The zero-order valence-corrected chi connectivity index (χ0v) is 16.8. The van der Waals surface area contributed by atoms with Crippen LogP contribution in [0.4, 0.5) is 0 Å². The number of carbonyl (C=O) groups is 1. The third-order valence-corrected chi connectivity index (χ3v) is 6.90. The van der Waals surface area contributed by atoms with Crippen molar-refractivity contribution in [2.45, 2.75) is 25.3 Å². The normalized spacial score (nSPS) is 11.7. The van der Waals surface area contributed by atoms with Crippen molar-refractivity contribution in [2.75, 3.05) is 20.1 Å². The Morgan fingerprint density at radius 3 is 2.16 bits per heavy atom. The highest BCUT2D eigenvalue weighted by atomic mass is 35.5. The second-order valence-corrected chi connectivity index (χ2v) is 9.31. The van der Waals surface area contributed by atoms with Crippen molar-refractivity contribution in [3.63, 3.8) is 0 Å². The Morgan fingerprint density at radius 2 is 1.68 bits per heavy atom. The van der Waals surface area contributed by atoms with E-state index in [0.29, 0.717) is 23.0 Å². The van der Waals surface area contributed by atoms with E-state index in [1.807, 2.05) is 19.9 Å². The van der Waals surface area contributed by atoms with Crippen LogP contribution in [0.15, 0.2) is 41.3 Å². The van der Waals surface area contributed by atoms with Crippen molar-refractivity contribution >= 4 is 38.9 Å². The van der Waals surface area contributed by atoms with Gasteiger partial charge in [-0.2, -0.15) is 4.31 Å². The molecule has 0 aliphatic carbocycles. The summed E-state index contributed by atoms with van der Waals surface area (Å²) in [6.07, 6.45) is 0. The molecule has 0 spiro atoms. The summed E-state index contributed by atoms with van der Waals surface area (Å²) in [5, 5.41) is 0. The van der Waals surface area contributed by atoms with E-state index in [4.69, 9.17) is 11.6 Å².